The van der Waals surface area contributed by atoms with E-state index < -0.39 is 22.8 Å². The summed E-state index contributed by atoms with van der Waals surface area (Å²) in [5.74, 6) is -1.55. The number of nitro groups is 1. The SMILES string of the molecule is CC(C)C(N)C(=O)Oc1ccc(Cl)cc1C(=O)Nc1ccc([N+](=O)[O-])cc1Cl. The van der Waals surface area contributed by atoms with Gasteiger partial charge < -0.3 is 15.8 Å². The molecule has 0 heterocycles. The average Bonchev–Trinajstić information content (AvgIpc) is 2.63. The summed E-state index contributed by atoms with van der Waals surface area (Å²) in [6.45, 7) is 3.52. The Morgan fingerprint density at radius 2 is 1.86 bits per heavy atom. The molecule has 2 aromatic rings. The third-order valence-corrected chi connectivity index (χ3v) is 4.35. The number of ether oxygens (including phenoxy) is 1. The Morgan fingerprint density at radius 1 is 1.18 bits per heavy atom. The fourth-order valence-electron chi connectivity index (χ4n) is 2.13. The number of halogens is 2. The van der Waals surface area contributed by atoms with Gasteiger partial charge in [-0.05, 0) is 30.2 Å². The van der Waals surface area contributed by atoms with Crippen molar-refractivity contribution in [2.24, 2.45) is 11.7 Å². The van der Waals surface area contributed by atoms with Gasteiger partial charge in [0.25, 0.3) is 11.6 Å². The van der Waals surface area contributed by atoms with Crippen LogP contribution in [0.15, 0.2) is 36.4 Å². The number of rotatable bonds is 6. The van der Waals surface area contributed by atoms with Crippen molar-refractivity contribution in [2.75, 3.05) is 5.32 Å². The van der Waals surface area contributed by atoms with Crippen molar-refractivity contribution >= 4 is 46.5 Å². The van der Waals surface area contributed by atoms with Gasteiger partial charge in [0.1, 0.15) is 11.8 Å². The highest BCUT2D eigenvalue weighted by atomic mass is 35.5. The Labute approximate surface area is 170 Å². The minimum Gasteiger partial charge on any atom is -0.425 e. The molecule has 0 fully saturated rings. The molecule has 3 N–H and O–H groups in total. The third kappa shape index (κ3) is 5.19. The summed E-state index contributed by atoms with van der Waals surface area (Å²) in [5, 5.41) is 13.5. The molecule has 0 radical (unpaired) electrons. The number of carbonyl (C=O) groups is 2. The second kappa shape index (κ2) is 9.01. The van der Waals surface area contributed by atoms with E-state index in [2.05, 4.69) is 5.32 Å². The van der Waals surface area contributed by atoms with E-state index in [4.69, 9.17) is 33.7 Å². The lowest BCUT2D eigenvalue weighted by atomic mass is 10.1. The van der Waals surface area contributed by atoms with Crippen LogP contribution in [0.25, 0.3) is 0 Å². The highest BCUT2D eigenvalue weighted by Crippen LogP contribution is 2.29. The molecule has 1 amide bonds. The second-order valence-corrected chi connectivity index (χ2v) is 7.05. The monoisotopic (exact) mass is 425 g/mol. The number of benzene rings is 2. The standard InChI is InChI=1S/C18H17Cl2N3O5/c1-9(2)16(21)18(25)28-15-6-3-10(19)7-12(15)17(24)22-14-5-4-11(23(26)27)8-13(14)20/h3-9,16H,21H2,1-2H3,(H,22,24). The quantitative estimate of drug-likeness (QED) is 0.311. The van der Waals surface area contributed by atoms with Crippen LogP contribution in [-0.4, -0.2) is 22.8 Å². The Bertz CT molecular complexity index is 933. The molecule has 0 aliphatic carbocycles. The maximum Gasteiger partial charge on any atom is 0.328 e. The number of non-ortho nitro benzene ring substituents is 1. The van der Waals surface area contributed by atoms with E-state index in [1.165, 1.54) is 30.3 Å². The number of nitrogens with zero attached hydrogens (tertiary/aromatic N) is 1. The molecule has 1 unspecified atom stereocenters. The van der Waals surface area contributed by atoms with Crippen LogP contribution in [0, 0.1) is 16.0 Å². The first-order valence-corrected chi connectivity index (χ1v) is 8.88. The summed E-state index contributed by atoms with van der Waals surface area (Å²) in [7, 11) is 0. The van der Waals surface area contributed by atoms with Gasteiger partial charge in [0, 0.05) is 17.2 Å². The fourth-order valence-corrected chi connectivity index (χ4v) is 2.52. The van der Waals surface area contributed by atoms with Crippen LogP contribution < -0.4 is 15.8 Å². The Balaban J connectivity index is 2.29. The average molecular weight is 426 g/mol. The topological polar surface area (TPSA) is 125 Å². The van der Waals surface area contributed by atoms with Gasteiger partial charge in [-0.25, -0.2) is 4.79 Å². The lowest BCUT2D eigenvalue weighted by molar-refractivity contribution is -0.384. The van der Waals surface area contributed by atoms with Gasteiger partial charge in [-0.3, -0.25) is 14.9 Å². The molecule has 0 aliphatic rings. The summed E-state index contributed by atoms with van der Waals surface area (Å²) >= 11 is 11.9. The van der Waals surface area contributed by atoms with E-state index in [0.717, 1.165) is 6.07 Å². The Hall–Kier alpha value is -2.68. The molecule has 0 aliphatic heterocycles. The van der Waals surface area contributed by atoms with Crippen LogP contribution >= 0.6 is 23.2 Å². The van der Waals surface area contributed by atoms with E-state index >= 15 is 0 Å². The largest absolute Gasteiger partial charge is 0.425 e. The van der Waals surface area contributed by atoms with Crippen molar-refractivity contribution in [3.05, 3.63) is 62.1 Å². The van der Waals surface area contributed by atoms with Gasteiger partial charge in [-0.15, -0.1) is 0 Å². The van der Waals surface area contributed by atoms with E-state index in [-0.39, 0.29) is 38.7 Å². The fraction of sp³-hybridized carbons (Fsp3) is 0.222. The third-order valence-electron chi connectivity index (χ3n) is 3.80. The number of hydrogen-bond donors (Lipinski definition) is 2. The zero-order valence-electron chi connectivity index (χ0n) is 14.9. The summed E-state index contributed by atoms with van der Waals surface area (Å²) < 4.78 is 5.26. The van der Waals surface area contributed by atoms with E-state index in [1.807, 2.05) is 0 Å². The summed E-state index contributed by atoms with van der Waals surface area (Å²) in [6.07, 6.45) is 0. The van der Waals surface area contributed by atoms with Crippen LogP contribution in [0.4, 0.5) is 11.4 Å². The summed E-state index contributed by atoms with van der Waals surface area (Å²) in [4.78, 5) is 35.0. The molecule has 28 heavy (non-hydrogen) atoms. The molecule has 0 saturated heterocycles. The number of anilines is 1. The summed E-state index contributed by atoms with van der Waals surface area (Å²) in [5.41, 5.74) is 5.68. The number of esters is 1. The molecule has 0 bridgehead atoms. The number of nitrogens with one attached hydrogen (secondary N) is 1. The maximum atomic E-state index is 12.7. The van der Waals surface area contributed by atoms with Crippen molar-refractivity contribution in [3.63, 3.8) is 0 Å². The smallest absolute Gasteiger partial charge is 0.328 e. The van der Waals surface area contributed by atoms with Gasteiger partial charge in [0.2, 0.25) is 0 Å². The van der Waals surface area contributed by atoms with Gasteiger partial charge >= 0.3 is 5.97 Å². The minimum atomic E-state index is -0.865. The molecular weight excluding hydrogens is 409 g/mol. The lowest BCUT2D eigenvalue weighted by Crippen LogP contribution is -2.38. The highest BCUT2D eigenvalue weighted by molar-refractivity contribution is 6.34. The van der Waals surface area contributed by atoms with E-state index in [1.54, 1.807) is 13.8 Å². The van der Waals surface area contributed by atoms with Crippen molar-refractivity contribution in [1.82, 2.24) is 0 Å². The molecule has 0 aromatic heterocycles. The predicted octanol–water partition coefficient (Wildman–Crippen LogP) is 4.04. The zero-order chi connectivity index (χ0) is 21.0. The number of carbonyl (C=O) groups excluding carboxylic acids is 2. The molecular formula is C18H17Cl2N3O5. The van der Waals surface area contributed by atoms with Gasteiger partial charge in [-0.1, -0.05) is 37.0 Å². The molecule has 10 heteroatoms. The normalized spacial score (nSPS) is 11.8. The zero-order valence-corrected chi connectivity index (χ0v) is 16.5. The number of nitrogens with two attached hydrogens (primary N) is 1. The minimum absolute atomic E-state index is 0.0220. The number of nitro benzene ring substituents is 1. The van der Waals surface area contributed by atoms with E-state index in [9.17, 15) is 19.7 Å². The lowest BCUT2D eigenvalue weighted by Gasteiger charge is -2.16. The first-order chi connectivity index (χ1) is 13.1. The molecule has 0 saturated carbocycles. The van der Waals surface area contributed by atoms with Gasteiger partial charge in [0.15, 0.2) is 0 Å². The predicted molar refractivity (Wildman–Crippen MR) is 106 cm³/mol. The molecule has 0 spiro atoms. The van der Waals surface area contributed by atoms with Crippen LogP contribution in [0.1, 0.15) is 24.2 Å². The first kappa shape index (κ1) is 21.6. The van der Waals surface area contributed by atoms with Crippen molar-refractivity contribution in [2.45, 2.75) is 19.9 Å². The van der Waals surface area contributed by atoms with E-state index in [0.29, 0.717) is 0 Å². The Kier molecular flexibility index (Phi) is 6.95. The van der Waals surface area contributed by atoms with Gasteiger partial charge in [-0.2, -0.15) is 0 Å². The summed E-state index contributed by atoms with van der Waals surface area (Å²) in [6, 6.07) is 6.89. The molecule has 2 rings (SSSR count). The van der Waals surface area contributed by atoms with Crippen LogP contribution in [0.2, 0.25) is 10.0 Å². The van der Waals surface area contributed by atoms with Crippen molar-refractivity contribution in [3.8, 4) is 5.75 Å². The number of hydrogen-bond acceptors (Lipinski definition) is 6. The molecule has 1 atom stereocenters. The molecule has 2 aromatic carbocycles. The van der Waals surface area contributed by atoms with Crippen LogP contribution in [-0.2, 0) is 4.79 Å². The van der Waals surface area contributed by atoms with Gasteiger partial charge in [0.05, 0.1) is 21.2 Å². The van der Waals surface area contributed by atoms with Crippen LogP contribution in [0.5, 0.6) is 5.75 Å². The van der Waals surface area contributed by atoms with Crippen LogP contribution in [0.3, 0.4) is 0 Å². The molecule has 148 valence electrons. The Morgan fingerprint density at radius 3 is 2.43 bits per heavy atom. The second-order valence-electron chi connectivity index (χ2n) is 6.21. The maximum absolute atomic E-state index is 12.7. The van der Waals surface area contributed by atoms with Crippen molar-refractivity contribution in [1.29, 1.82) is 0 Å². The van der Waals surface area contributed by atoms with Crippen molar-refractivity contribution < 1.29 is 19.2 Å². The first-order valence-electron chi connectivity index (χ1n) is 8.12. The highest BCUT2D eigenvalue weighted by Gasteiger charge is 2.23. The molecule has 8 nitrogen and oxygen atoms in total. The number of amides is 1.